The highest BCUT2D eigenvalue weighted by atomic mass is 16.5. The van der Waals surface area contributed by atoms with Crippen LogP contribution >= 0.6 is 0 Å². The Hall–Kier alpha value is -1.53. The highest BCUT2D eigenvalue weighted by Crippen LogP contribution is 2.12. The van der Waals surface area contributed by atoms with Gasteiger partial charge in [0.25, 0.3) is 0 Å². The minimum Gasteiger partial charge on any atom is -0.494 e. The van der Waals surface area contributed by atoms with Crippen LogP contribution in [0.4, 0.5) is 0 Å². The van der Waals surface area contributed by atoms with Gasteiger partial charge in [0.1, 0.15) is 5.75 Å². The molecule has 0 fully saturated rings. The minimum absolute atomic E-state index is 0.645. The zero-order valence-corrected chi connectivity index (χ0v) is 13.6. The minimum atomic E-state index is 0.645. The molecule has 0 aliphatic rings. The summed E-state index contributed by atoms with van der Waals surface area (Å²) in [4.78, 5) is 2.56. The standard InChI is InChI=1S/C18H28N2O/c1-4-6-12-20(16(3)5-2)13-7-14-21-18-10-8-17(15-19)9-11-18/h8-11,16H,4-7,12-14H2,1-3H3. The lowest BCUT2D eigenvalue weighted by Crippen LogP contribution is -2.35. The van der Waals surface area contributed by atoms with Gasteiger partial charge in [0.2, 0.25) is 0 Å². The molecule has 0 aromatic heterocycles. The topological polar surface area (TPSA) is 36.3 Å². The number of rotatable bonds is 10. The van der Waals surface area contributed by atoms with Crippen molar-refractivity contribution in [3.8, 4) is 11.8 Å². The number of hydrogen-bond donors (Lipinski definition) is 0. The van der Waals surface area contributed by atoms with Crippen molar-refractivity contribution in [2.24, 2.45) is 0 Å². The van der Waals surface area contributed by atoms with Crippen LogP contribution in [0.3, 0.4) is 0 Å². The summed E-state index contributed by atoms with van der Waals surface area (Å²) in [5, 5.41) is 8.75. The summed E-state index contributed by atoms with van der Waals surface area (Å²) in [5.74, 6) is 0.845. The van der Waals surface area contributed by atoms with Gasteiger partial charge in [0.15, 0.2) is 0 Å². The number of nitriles is 1. The molecule has 1 aromatic carbocycles. The van der Waals surface area contributed by atoms with Gasteiger partial charge >= 0.3 is 0 Å². The third-order valence-corrected chi connectivity index (χ3v) is 3.85. The van der Waals surface area contributed by atoms with Gasteiger partial charge in [-0.2, -0.15) is 5.26 Å². The largest absolute Gasteiger partial charge is 0.494 e. The van der Waals surface area contributed by atoms with Gasteiger partial charge in [-0.3, -0.25) is 0 Å². The molecule has 0 radical (unpaired) electrons. The lowest BCUT2D eigenvalue weighted by molar-refractivity contribution is 0.182. The fraction of sp³-hybridized carbons (Fsp3) is 0.611. The van der Waals surface area contributed by atoms with Crippen LogP contribution < -0.4 is 4.74 Å². The van der Waals surface area contributed by atoms with E-state index in [1.807, 2.05) is 12.1 Å². The predicted molar refractivity (Wildman–Crippen MR) is 87.5 cm³/mol. The fourth-order valence-electron chi connectivity index (χ4n) is 2.26. The van der Waals surface area contributed by atoms with Gasteiger partial charge in [-0.05, 0) is 57.0 Å². The summed E-state index contributed by atoms with van der Waals surface area (Å²) in [6.07, 6.45) is 4.74. The Labute approximate surface area is 129 Å². The SMILES string of the molecule is CCCCN(CCCOc1ccc(C#N)cc1)C(C)CC. The number of hydrogen-bond acceptors (Lipinski definition) is 3. The predicted octanol–water partition coefficient (Wildman–Crippen LogP) is 4.23. The Morgan fingerprint density at radius 1 is 1.14 bits per heavy atom. The first kappa shape index (κ1) is 17.5. The first-order valence-corrected chi connectivity index (χ1v) is 8.08. The molecular weight excluding hydrogens is 260 g/mol. The maximum Gasteiger partial charge on any atom is 0.119 e. The third-order valence-electron chi connectivity index (χ3n) is 3.85. The van der Waals surface area contributed by atoms with Gasteiger partial charge in [-0.1, -0.05) is 20.3 Å². The van der Waals surface area contributed by atoms with E-state index in [2.05, 4.69) is 31.7 Å². The highest BCUT2D eigenvalue weighted by Gasteiger charge is 2.10. The Balaban J connectivity index is 2.31. The average molecular weight is 288 g/mol. The molecule has 21 heavy (non-hydrogen) atoms. The summed E-state index contributed by atoms with van der Waals surface area (Å²) in [7, 11) is 0. The van der Waals surface area contributed by atoms with Crippen molar-refractivity contribution < 1.29 is 4.74 Å². The first-order valence-electron chi connectivity index (χ1n) is 8.08. The molecule has 0 bridgehead atoms. The monoisotopic (exact) mass is 288 g/mol. The van der Waals surface area contributed by atoms with Gasteiger partial charge in [-0.15, -0.1) is 0 Å². The Kier molecular flexibility index (Phi) is 8.54. The van der Waals surface area contributed by atoms with Crippen molar-refractivity contribution in [3.63, 3.8) is 0 Å². The third kappa shape index (κ3) is 6.64. The van der Waals surface area contributed by atoms with Crippen LogP contribution in [0.25, 0.3) is 0 Å². The fourth-order valence-corrected chi connectivity index (χ4v) is 2.26. The zero-order valence-electron chi connectivity index (χ0n) is 13.6. The van der Waals surface area contributed by atoms with Crippen molar-refractivity contribution in [2.75, 3.05) is 19.7 Å². The van der Waals surface area contributed by atoms with Crippen molar-refractivity contribution in [2.45, 2.75) is 52.5 Å². The molecule has 1 unspecified atom stereocenters. The normalized spacial score (nSPS) is 12.1. The van der Waals surface area contributed by atoms with Crippen LogP contribution in [-0.4, -0.2) is 30.6 Å². The zero-order chi connectivity index (χ0) is 15.5. The Bertz CT molecular complexity index is 422. The second kappa shape index (κ2) is 10.2. The summed E-state index contributed by atoms with van der Waals surface area (Å²) < 4.78 is 5.74. The van der Waals surface area contributed by atoms with Crippen molar-refractivity contribution >= 4 is 0 Å². The molecule has 0 aliphatic carbocycles. The second-order valence-corrected chi connectivity index (χ2v) is 5.48. The average Bonchev–Trinajstić information content (AvgIpc) is 2.54. The van der Waals surface area contributed by atoms with Gasteiger partial charge in [0, 0.05) is 12.6 Å². The van der Waals surface area contributed by atoms with E-state index in [-0.39, 0.29) is 0 Å². The summed E-state index contributed by atoms with van der Waals surface area (Å²) in [6, 6.07) is 10.1. The molecule has 0 heterocycles. The molecule has 1 atom stereocenters. The van der Waals surface area contributed by atoms with E-state index in [0.717, 1.165) is 25.3 Å². The summed E-state index contributed by atoms with van der Waals surface area (Å²) >= 11 is 0. The van der Waals surface area contributed by atoms with E-state index >= 15 is 0 Å². The molecule has 1 aromatic rings. The summed E-state index contributed by atoms with van der Waals surface area (Å²) in [6.45, 7) is 9.79. The maximum absolute atomic E-state index is 8.75. The van der Waals surface area contributed by atoms with E-state index in [1.165, 1.54) is 25.8 Å². The van der Waals surface area contributed by atoms with Crippen LogP contribution in [0.15, 0.2) is 24.3 Å². The second-order valence-electron chi connectivity index (χ2n) is 5.48. The van der Waals surface area contributed by atoms with Crippen LogP contribution in [0, 0.1) is 11.3 Å². The van der Waals surface area contributed by atoms with Crippen molar-refractivity contribution in [1.82, 2.24) is 4.90 Å². The van der Waals surface area contributed by atoms with E-state index in [4.69, 9.17) is 10.00 Å². The smallest absolute Gasteiger partial charge is 0.119 e. The van der Waals surface area contributed by atoms with Crippen molar-refractivity contribution in [3.05, 3.63) is 29.8 Å². The van der Waals surface area contributed by atoms with Gasteiger partial charge in [0.05, 0.1) is 18.2 Å². The van der Waals surface area contributed by atoms with E-state index < -0.39 is 0 Å². The van der Waals surface area contributed by atoms with Crippen LogP contribution in [0.2, 0.25) is 0 Å². The lowest BCUT2D eigenvalue weighted by atomic mass is 10.2. The molecule has 1 rings (SSSR count). The molecule has 3 heteroatoms. The number of ether oxygens (including phenoxy) is 1. The molecule has 0 aliphatic heterocycles. The van der Waals surface area contributed by atoms with Crippen LogP contribution in [0.1, 0.15) is 52.0 Å². The van der Waals surface area contributed by atoms with E-state index in [1.54, 1.807) is 12.1 Å². The molecule has 3 nitrogen and oxygen atoms in total. The number of unbranched alkanes of at least 4 members (excludes halogenated alkanes) is 1. The van der Waals surface area contributed by atoms with Gasteiger partial charge < -0.3 is 9.64 Å². The lowest BCUT2D eigenvalue weighted by Gasteiger charge is -2.28. The number of nitrogens with zero attached hydrogens (tertiary/aromatic N) is 2. The van der Waals surface area contributed by atoms with Crippen molar-refractivity contribution in [1.29, 1.82) is 5.26 Å². The molecule has 0 saturated carbocycles. The molecule has 0 amide bonds. The maximum atomic E-state index is 8.75. The molecule has 0 saturated heterocycles. The quantitative estimate of drug-likeness (QED) is 0.605. The highest BCUT2D eigenvalue weighted by molar-refractivity contribution is 5.34. The van der Waals surface area contributed by atoms with Crippen LogP contribution in [0.5, 0.6) is 5.75 Å². The number of benzene rings is 1. The molecular formula is C18H28N2O. The Morgan fingerprint density at radius 3 is 2.38 bits per heavy atom. The van der Waals surface area contributed by atoms with Crippen LogP contribution in [-0.2, 0) is 0 Å². The molecule has 0 N–H and O–H groups in total. The summed E-state index contributed by atoms with van der Waals surface area (Å²) in [5.41, 5.74) is 0.671. The van der Waals surface area contributed by atoms with E-state index in [9.17, 15) is 0 Å². The van der Waals surface area contributed by atoms with Gasteiger partial charge in [-0.25, -0.2) is 0 Å². The first-order chi connectivity index (χ1) is 10.2. The Morgan fingerprint density at radius 2 is 1.81 bits per heavy atom. The molecule has 116 valence electrons. The van der Waals surface area contributed by atoms with E-state index in [0.29, 0.717) is 11.6 Å². The molecule has 0 spiro atoms.